The van der Waals surface area contributed by atoms with Gasteiger partial charge in [0.05, 0.1) is 6.10 Å². The van der Waals surface area contributed by atoms with Gasteiger partial charge in [-0.3, -0.25) is 9.36 Å². The van der Waals surface area contributed by atoms with Crippen LogP contribution in [0.25, 0.3) is 0 Å². The maximum Gasteiger partial charge on any atom is 0.256 e. The van der Waals surface area contributed by atoms with Crippen molar-refractivity contribution in [3.63, 3.8) is 0 Å². The van der Waals surface area contributed by atoms with Crippen molar-refractivity contribution in [2.75, 3.05) is 6.16 Å². The molecule has 0 aliphatic rings. The first-order valence-corrected chi connectivity index (χ1v) is 5.76. The van der Waals surface area contributed by atoms with Gasteiger partial charge in [0.15, 0.2) is 6.29 Å². The Bertz CT molecular complexity index is 249. The molecule has 1 N–H and O–H groups in total. The van der Waals surface area contributed by atoms with E-state index in [1.807, 2.05) is 0 Å². The quantitative estimate of drug-likeness (QED) is 0.245. The summed E-state index contributed by atoms with van der Waals surface area (Å²) in [5.74, 6) is 0. The molecular weight excluding hydrogens is 193 g/mol. The number of carbonyl (C=O) groups excluding carboxylic acids is 1. The Labute approximate surface area is 77.2 Å². The number of hydrogen-bond acceptors (Lipinski definition) is 5. The molecule has 0 rings (SSSR count). The summed E-state index contributed by atoms with van der Waals surface area (Å²) in [6.45, 7) is 5.00. The van der Waals surface area contributed by atoms with E-state index in [0.717, 1.165) is 0 Å². The third-order valence-electron chi connectivity index (χ3n) is 1.35. The first-order valence-electron chi connectivity index (χ1n) is 3.95. The van der Waals surface area contributed by atoms with E-state index in [9.17, 15) is 9.36 Å². The minimum Gasteiger partial charge on any atom is -0.410 e. The molecule has 0 aliphatic carbocycles. The summed E-state index contributed by atoms with van der Waals surface area (Å²) < 4.78 is 16.9. The summed E-state index contributed by atoms with van der Waals surface area (Å²) in [5.41, 5.74) is -0.413. The third kappa shape index (κ3) is 3.28. The van der Waals surface area contributed by atoms with Crippen LogP contribution in [0.5, 0.6) is 0 Å². The zero-order valence-electron chi connectivity index (χ0n) is 7.93. The molecule has 0 aromatic carbocycles. The Kier molecular flexibility index (Phi) is 4.88. The van der Waals surface area contributed by atoms with Gasteiger partial charge in [-0.15, -0.1) is 0 Å². The van der Waals surface area contributed by atoms with Crippen LogP contribution in [0.1, 0.15) is 20.8 Å². The van der Waals surface area contributed by atoms with Crippen molar-refractivity contribution in [3.8, 4) is 0 Å². The van der Waals surface area contributed by atoms with E-state index in [2.05, 4.69) is 5.16 Å². The molecule has 1 unspecified atom stereocenters. The number of aldehydes is 1. The average molecular weight is 207 g/mol. The molecule has 0 bridgehead atoms. The molecule has 0 saturated carbocycles. The highest BCUT2D eigenvalue weighted by Gasteiger charge is 2.29. The molecular formula is C7H14NO4P. The van der Waals surface area contributed by atoms with Crippen LogP contribution >= 0.6 is 7.37 Å². The second-order valence-corrected chi connectivity index (χ2v) is 5.37. The Balaban J connectivity index is 4.82. The lowest BCUT2D eigenvalue weighted by atomic mass is 10.5. The predicted octanol–water partition coefficient (Wildman–Crippen LogP) is 1.70. The van der Waals surface area contributed by atoms with Crippen molar-refractivity contribution in [3.05, 3.63) is 0 Å². The second kappa shape index (κ2) is 5.14. The lowest BCUT2D eigenvalue weighted by molar-refractivity contribution is -0.102. The highest BCUT2D eigenvalue weighted by atomic mass is 31.2. The number of carbonyl (C=O) groups is 1. The largest absolute Gasteiger partial charge is 0.410 e. The van der Waals surface area contributed by atoms with E-state index in [4.69, 9.17) is 9.73 Å². The van der Waals surface area contributed by atoms with Gasteiger partial charge in [0.25, 0.3) is 7.37 Å². The van der Waals surface area contributed by atoms with E-state index in [0.29, 0.717) is 0 Å². The highest BCUT2D eigenvalue weighted by molar-refractivity contribution is 7.78. The first-order chi connectivity index (χ1) is 6.00. The molecule has 6 heteroatoms. The van der Waals surface area contributed by atoms with Crippen LogP contribution in [-0.4, -0.2) is 29.2 Å². The van der Waals surface area contributed by atoms with E-state index < -0.39 is 12.8 Å². The Hall–Kier alpha value is -0.670. The minimum atomic E-state index is -3.23. The maximum atomic E-state index is 11.8. The van der Waals surface area contributed by atoms with Gasteiger partial charge in [-0.05, 0) is 13.8 Å². The van der Waals surface area contributed by atoms with Crippen LogP contribution < -0.4 is 0 Å². The zero-order chi connectivity index (χ0) is 10.5. The Morgan fingerprint density at radius 3 is 2.46 bits per heavy atom. The van der Waals surface area contributed by atoms with Gasteiger partial charge in [-0.2, -0.15) is 0 Å². The third-order valence-corrected chi connectivity index (χ3v) is 3.84. The van der Waals surface area contributed by atoms with E-state index in [1.54, 1.807) is 20.8 Å². The Morgan fingerprint density at radius 2 is 2.23 bits per heavy atom. The van der Waals surface area contributed by atoms with Gasteiger partial charge in [-0.25, -0.2) is 0 Å². The van der Waals surface area contributed by atoms with Gasteiger partial charge in [-0.1, -0.05) is 12.1 Å². The number of nitrogens with zero attached hydrogens (tertiary/aromatic N) is 1. The number of hydrogen-bond donors (Lipinski definition) is 1. The van der Waals surface area contributed by atoms with E-state index in [-0.39, 0.29) is 18.6 Å². The molecule has 0 radical (unpaired) electrons. The lowest BCUT2D eigenvalue weighted by Crippen LogP contribution is -2.11. The standard InChI is InChI=1S/C7H14NO4P/c1-4-13(11,12-6(2)3)7(5-9)8-10/h5-6,10H,4H2,1-3H3/b8-7+. The summed E-state index contributed by atoms with van der Waals surface area (Å²) in [7, 11) is -3.23. The van der Waals surface area contributed by atoms with Crippen molar-refractivity contribution in [1.29, 1.82) is 0 Å². The fourth-order valence-corrected chi connectivity index (χ4v) is 2.36. The molecule has 0 aromatic rings. The molecule has 0 amide bonds. The first kappa shape index (κ1) is 12.3. The van der Waals surface area contributed by atoms with Crippen molar-refractivity contribution in [1.82, 2.24) is 0 Å². The van der Waals surface area contributed by atoms with Crippen molar-refractivity contribution in [2.24, 2.45) is 5.16 Å². The lowest BCUT2D eigenvalue weighted by Gasteiger charge is -2.17. The SMILES string of the molecule is CCP(=O)(OC(C)C)/C(C=O)=N/O. The van der Waals surface area contributed by atoms with Crippen molar-refractivity contribution in [2.45, 2.75) is 26.9 Å². The molecule has 0 aliphatic heterocycles. The fraction of sp³-hybridized carbons (Fsp3) is 0.714. The molecule has 0 heterocycles. The molecule has 0 aromatic heterocycles. The summed E-state index contributed by atoms with van der Waals surface area (Å²) >= 11 is 0. The topological polar surface area (TPSA) is 76.0 Å². The molecule has 0 saturated heterocycles. The van der Waals surface area contributed by atoms with Gasteiger partial charge in [0, 0.05) is 6.16 Å². The van der Waals surface area contributed by atoms with Crippen LogP contribution in [0.15, 0.2) is 5.16 Å². The fourth-order valence-electron chi connectivity index (χ4n) is 0.803. The number of oxime groups is 1. The number of rotatable bonds is 5. The van der Waals surface area contributed by atoms with Gasteiger partial charge in [0.2, 0.25) is 5.45 Å². The smallest absolute Gasteiger partial charge is 0.256 e. The van der Waals surface area contributed by atoms with Crippen molar-refractivity contribution >= 4 is 19.1 Å². The summed E-state index contributed by atoms with van der Waals surface area (Å²) in [4.78, 5) is 10.4. The molecule has 13 heavy (non-hydrogen) atoms. The molecule has 0 fully saturated rings. The van der Waals surface area contributed by atoms with Gasteiger partial charge >= 0.3 is 0 Å². The molecule has 76 valence electrons. The van der Waals surface area contributed by atoms with E-state index >= 15 is 0 Å². The average Bonchev–Trinajstić information content (AvgIpc) is 2.05. The van der Waals surface area contributed by atoms with Gasteiger partial charge < -0.3 is 9.73 Å². The monoisotopic (exact) mass is 207 g/mol. The normalized spacial score (nSPS) is 17.1. The molecule has 5 nitrogen and oxygen atoms in total. The highest BCUT2D eigenvalue weighted by Crippen LogP contribution is 2.48. The summed E-state index contributed by atoms with van der Waals surface area (Å²) in [6.07, 6.45) is 0.123. The summed E-state index contributed by atoms with van der Waals surface area (Å²) in [5, 5.41) is 11.1. The predicted molar refractivity (Wildman–Crippen MR) is 49.7 cm³/mol. The van der Waals surface area contributed by atoms with E-state index in [1.165, 1.54) is 0 Å². The Morgan fingerprint density at radius 1 is 1.69 bits per heavy atom. The van der Waals surface area contributed by atoms with Gasteiger partial charge in [0.1, 0.15) is 0 Å². The molecule has 0 spiro atoms. The van der Waals surface area contributed by atoms with Crippen LogP contribution in [0.3, 0.4) is 0 Å². The second-order valence-electron chi connectivity index (χ2n) is 2.72. The minimum absolute atomic E-state index is 0.142. The van der Waals surface area contributed by atoms with Crippen molar-refractivity contribution < 1.29 is 19.1 Å². The molecule has 1 atom stereocenters. The van der Waals surface area contributed by atoms with Crippen LogP contribution in [0.4, 0.5) is 0 Å². The van der Waals surface area contributed by atoms with Crippen LogP contribution in [0.2, 0.25) is 0 Å². The van der Waals surface area contributed by atoms with Crippen LogP contribution in [0, 0.1) is 0 Å². The maximum absolute atomic E-state index is 11.8. The van der Waals surface area contributed by atoms with Crippen LogP contribution in [-0.2, 0) is 13.9 Å². The summed E-state index contributed by atoms with van der Waals surface area (Å²) in [6, 6.07) is 0. The zero-order valence-corrected chi connectivity index (χ0v) is 8.82.